The number of benzene rings is 2. The van der Waals surface area contributed by atoms with Gasteiger partial charge in [0.25, 0.3) is 0 Å². The molecule has 1 N–H and O–H groups in total. The van der Waals surface area contributed by atoms with Crippen LogP contribution in [0.1, 0.15) is 38.8 Å². The first-order valence-corrected chi connectivity index (χ1v) is 11.0. The van der Waals surface area contributed by atoms with Gasteiger partial charge in [0.05, 0.1) is 0 Å². The Morgan fingerprint density at radius 1 is 0.806 bits per heavy atom. The number of phenols is 1. The van der Waals surface area contributed by atoms with E-state index in [-0.39, 0.29) is 35.3 Å². The van der Waals surface area contributed by atoms with Crippen molar-refractivity contribution in [3.05, 3.63) is 89.5 Å². The van der Waals surface area contributed by atoms with E-state index in [9.17, 15) is 5.11 Å². The van der Waals surface area contributed by atoms with Crippen LogP contribution in [0.25, 0.3) is 5.57 Å². The molecule has 0 radical (unpaired) electrons. The van der Waals surface area contributed by atoms with Gasteiger partial charge < -0.3 is 10.0 Å². The van der Waals surface area contributed by atoms with Crippen LogP contribution in [0.3, 0.4) is 0 Å². The monoisotopic (exact) mass is 425 g/mol. The second-order valence-corrected chi connectivity index (χ2v) is 7.36. The summed E-state index contributed by atoms with van der Waals surface area (Å²) in [5, 5.41) is 10.1. The Bertz CT molecular complexity index is 972. The number of aromatic hydroxyl groups is 1. The zero-order chi connectivity index (χ0) is 21.5. The SMILES string of the molecule is CCN(CC)c1ccc(C(=C2C=CC(=[N+](CC)CC)C=C2)c2cccc(O)c2)cc1.[NaH]. The van der Waals surface area contributed by atoms with E-state index in [1.807, 2.05) is 12.1 Å². The molecule has 1 aliphatic carbocycles. The third kappa shape index (κ3) is 6.00. The molecule has 0 unspecified atom stereocenters. The van der Waals surface area contributed by atoms with Crippen LogP contribution in [-0.2, 0) is 0 Å². The Labute approximate surface area is 209 Å². The average Bonchev–Trinajstić information content (AvgIpc) is 2.78. The van der Waals surface area contributed by atoms with E-state index in [0.717, 1.165) is 48.5 Å². The first kappa shape index (κ1) is 25.2. The van der Waals surface area contributed by atoms with Gasteiger partial charge >= 0.3 is 29.6 Å². The summed E-state index contributed by atoms with van der Waals surface area (Å²) in [5.74, 6) is 0.282. The molecule has 0 heterocycles. The molecule has 0 amide bonds. The van der Waals surface area contributed by atoms with E-state index in [4.69, 9.17) is 0 Å². The Morgan fingerprint density at radius 3 is 1.94 bits per heavy atom. The molecule has 4 heteroatoms. The Morgan fingerprint density at radius 2 is 1.42 bits per heavy atom. The third-order valence-corrected chi connectivity index (χ3v) is 5.70. The summed E-state index contributed by atoms with van der Waals surface area (Å²) in [6.45, 7) is 12.7. The second-order valence-electron chi connectivity index (χ2n) is 7.36. The Hall–Kier alpha value is -2.07. The van der Waals surface area contributed by atoms with Crippen LogP contribution in [0.2, 0.25) is 0 Å². The van der Waals surface area contributed by atoms with E-state index in [1.165, 1.54) is 11.4 Å². The molecule has 0 fully saturated rings. The normalized spacial score (nSPS) is 12.5. The molecule has 1 aliphatic rings. The van der Waals surface area contributed by atoms with Crippen LogP contribution in [0.4, 0.5) is 5.69 Å². The number of allylic oxidation sites excluding steroid dienone is 5. The van der Waals surface area contributed by atoms with E-state index in [1.54, 1.807) is 6.07 Å². The molecular formula is C27H34N2NaO+. The van der Waals surface area contributed by atoms with Crippen LogP contribution >= 0.6 is 0 Å². The summed E-state index contributed by atoms with van der Waals surface area (Å²) >= 11 is 0. The van der Waals surface area contributed by atoms with E-state index < -0.39 is 0 Å². The van der Waals surface area contributed by atoms with Gasteiger partial charge in [-0.1, -0.05) is 24.3 Å². The predicted molar refractivity (Wildman–Crippen MR) is 136 cm³/mol. The van der Waals surface area contributed by atoms with Crippen molar-refractivity contribution in [3.63, 3.8) is 0 Å². The molecule has 2 aromatic rings. The van der Waals surface area contributed by atoms with Gasteiger partial charge in [0, 0.05) is 30.9 Å². The summed E-state index contributed by atoms with van der Waals surface area (Å²) in [7, 11) is 0. The van der Waals surface area contributed by atoms with Crippen LogP contribution in [0.5, 0.6) is 5.75 Å². The molecule has 0 atom stereocenters. The summed E-state index contributed by atoms with van der Waals surface area (Å²) < 4.78 is 2.34. The molecule has 2 aromatic carbocycles. The molecule has 3 nitrogen and oxygen atoms in total. The van der Waals surface area contributed by atoms with Crippen molar-refractivity contribution in [1.82, 2.24) is 0 Å². The summed E-state index contributed by atoms with van der Waals surface area (Å²) in [6, 6.07) is 16.3. The molecule has 0 saturated heterocycles. The molecule has 31 heavy (non-hydrogen) atoms. The van der Waals surface area contributed by atoms with Crippen LogP contribution in [0.15, 0.2) is 78.4 Å². The van der Waals surface area contributed by atoms with Gasteiger partial charge in [-0.25, -0.2) is 4.58 Å². The zero-order valence-electron chi connectivity index (χ0n) is 18.6. The second kappa shape index (κ2) is 12.1. The Kier molecular flexibility index (Phi) is 9.83. The topological polar surface area (TPSA) is 26.5 Å². The maximum atomic E-state index is 10.1. The minimum absolute atomic E-state index is 0. The number of phenolic OH excluding ortho intramolecular Hbond substituents is 1. The number of hydrogen-bond acceptors (Lipinski definition) is 2. The third-order valence-electron chi connectivity index (χ3n) is 5.70. The number of rotatable bonds is 7. The van der Waals surface area contributed by atoms with Crippen molar-refractivity contribution < 1.29 is 9.68 Å². The average molecular weight is 426 g/mol. The van der Waals surface area contributed by atoms with Crippen LogP contribution in [0, 0.1) is 0 Å². The number of hydrogen-bond donors (Lipinski definition) is 1. The molecule has 0 saturated carbocycles. The molecule has 0 bridgehead atoms. The van der Waals surface area contributed by atoms with Gasteiger partial charge in [-0.3, -0.25) is 0 Å². The van der Waals surface area contributed by atoms with Crippen LogP contribution in [-0.4, -0.2) is 71.1 Å². The van der Waals surface area contributed by atoms with E-state index in [2.05, 4.69) is 91.8 Å². The fraction of sp³-hybridized carbons (Fsp3) is 0.296. The minimum atomic E-state index is 0. The van der Waals surface area contributed by atoms with Gasteiger partial charge in [-0.15, -0.1) is 0 Å². The van der Waals surface area contributed by atoms with Gasteiger partial charge in [-0.2, -0.15) is 0 Å². The Balaban J connectivity index is 0.00000341. The standard InChI is InChI=1S/C27H32N2O.Na.H/c1-5-28(6-2)24-16-12-21(13-17-24)27(23-10-9-11-26(30)20-23)22-14-18-25(19-15-22)29(7-3)8-4;;/h9-20H,5-8H2,1-4H3;;/p+1. The quantitative estimate of drug-likeness (QED) is 0.499. The predicted octanol–water partition coefficient (Wildman–Crippen LogP) is 5.01. The van der Waals surface area contributed by atoms with Crippen molar-refractivity contribution >= 4 is 46.5 Å². The van der Waals surface area contributed by atoms with Gasteiger partial charge in [0.1, 0.15) is 18.8 Å². The summed E-state index contributed by atoms with van der Waals surface area (Å²) in [5.41, 5.74) is 6.90. The summed E-state index contributed by atoms with van der Waals surface area (Å²) in [4.78, 5) is 2.34. The first-order chi connectivity index (χ1) is 14.6. The van der Waals surface area contributed by atoms with E-state index >= 15 is 0 Å². The summed E-state index contributed by atoms with van der Waals surface area (Å²) in [6.07, 6.45) is 8.75. The van der Waals surface area contributed by atoms with Crippen molar-refractivity contribution in [3.8, 4) is 5.75 Å². The van der Waals surface area contributed by atoms with Crippen molar-refractivity contribution in [2.45, 2.75) is 27.7 Å². The van der Waals surface area contributed by atoms with Crippen molar-refractivity contribution in [1.29, 1.82) is 0 Å². The molecule has 158 valence electrons. The fourth-order valence-electron chi connectivity index (χ4n) is 4.02. The maximum absolute atomic E-state index is 10.1. The molecule has 3 rings (SSSR count). The van der Waals surface area contributed by atoms with Gasteiger partial charge in [-0.05, 0) is 86.4 Å². The van der Waals surface area contributed by atoms with Crippen molar-refractivity contribution in [2.75, 3.05) is 31.1 Å². The molecular weight excluding hydrogens is 391 g/mol. The van der Waals surface area contributed by atoms with Crippen molar-refractivity contribution in [2.24, 2.45) is 0 Å². The van der Waals surface area contributed by atoms with Crippen LogP contribution < -0.4 is 4.90 Å². The number of nitrogens with zero attached hydrogens (tertiary/aromatic N) is 2. The van der Waals surface area contributed by atoms with Gasteiger partial charge in [0.15, 0.2) is 5.71 Å². The molecule has 0 aliphatic heterocycles. The fourth-order valence-corrected chi connectivity index (χ4v) is 4.02. The molecule has 0 spiro atoms. The zero-order valence-corrected chi connectivity index (χ0v) is 18.6. The molecule has 0 aromatic heterocycles. The van der Waals surface area contributed by atoms with Gasteiger partial charge in [0.2, 0.25) is 0 Å². The first-order valence-electron chi connectivity index (χ1n) is 11.0. The number of anilines is 1. The van der Waals surface area contributed by atoms with E-state index in [0.29, 0.717) is 0 Å².